The Balaban J connectivity index is 0. The SMILES string of the molecule is CCCCCCCCCCC(CCCCCCCC(O)CCCCC)S(=O)(=O)[O-].[K+]. The van der Waals surface area contributed by atoms with E-state index in [2.05, 4.69) is 13.8 Å². The van der Waals surface area contributed by atoms with Crippen LogP contribution in [0.1, 0.15) is 142 Å². The number of aliphatic hydroxyl groups is 1. The molecule has 0 saturated carbocycles. The van der Waals surface area contributed by atoms with Crippen LogP contribution in [0.2, 0.25) is 0 Å². The summed E-state index contributed by atoms with van der Waals surface area (Å²) >= 11 is 0. The maximum absolute atomic E-state index is 11.5. The topological polar surface area (TPSA) is 77.4 Å². The van der Waals surface area contributed by atoms with Crippen molar-refractivity contribution < 1.29 is 69.5 Å². The molecule has 0 aromatic rings. The first-order chi connectivity index (χ1) is 13.9. The Labute approximate surface area is 230 Å². The fourth-order valence-corrected chi connectivity index (χ4v) is 4.91. The summed E-state index contributed by atoms with van der Waals surface area (Å²) in [5, 5.41) is 9.22. The first-order valence-corrected chi connectivity index (χ1v) is 14.0. The maximum Gasteiger partial charge on any atom is 1.00 e. The van der Waals surface area contributed by atoms with Crippen LogP contribution in [0.3, 0.4) is 0 Å². The molecule has 1 N–H and O–H groups in total. The van der Waals surface area contributed by atoms with Gasteiger partial charge in [-0.1, -0.05) is 117 Å². The first-order valence-electron chi connectivity index (χ1n) is 12.5. The van der Waals surface area contributed by atoms with E-state index in [0.717, 1.165) is 70.6 Å². The molecule has 0 heterocycles. The molecular weight excluding hydrogens is 423 g/mol. The van der Waals surface area contributed by atoms with Gasteiger partial charge in [-0.05, 0) is 25.7 Å². The van der Waals surface area contributed by atoms with E-state index in [1.807, 2.05) is 0 Å². The quantitative estimate of drug-likeness (QED) is 0.146. The summed E-state index contributed by atoms with van der Waals surface area (Å²) in [6, 6.07) is 0. The predicted molar refractivity (Wildman–Crippen MR) is 123 cm³/mol. The minimum absolute atomic E-state index is 0. The van der Waals surface area contributed by atoms with E-state index in [-0.39, 0.29) is 57.5 Å². The van der Waals surface area contributed by atoms with Gasteiger partial charge in [0, 0.05) is 5.25 Å². The summed E-state index contributed by atoms with van der Waals surface area (Å²) < 4.78 is 34.6. The molecule has 0 aliphatic heterocycles. The maximum atomic E-state index is 11.5. The summed E-state index contributed by atoms with van der Waals surface area (Å²) in [7, 11) is -4.17. The number of aliphatic hydroxyl groups excluding tert-OH is 1. The molecule has 0 radical (unpaired) electrons. The van der Waals surface area contributed by atoms with Crippen LogP contribution < -0.4 is 51.4 Å². The largest absolute Gasteiger partial charge is 1.00 e. The monoisotopic (exact) mass is 472 g/mol. The molecular formula is C24H49KO4S. The Kier molecular flexibility index (Phi) is 26.6. The van der Waals surface area contributed by atoms with Crippen LogP contribution in [-0.2, 0) is 10.1 Å². The first kappa shape index (κ1) is 33.7. The second-order valence-electron chi connectivity index (χ2n) is 8.87. The number of rotatable bonds is 22. The Morgan fingerprint density at radius 2 is 0.900 bits per heavy atom. The van der Waals surface area contributed by atoms with Crippen LogP contribution in [0.25, 0.3) is 0 Å². The van der Waals surface area contributed by atoms with Crippen molar-refractivity contribution in [2.24, 2.45) is 0 Å². The molecule has 6 heteroatoms. The summed E-state index contributed by atoms with van der Waals surface area (Å²) in [4.78, 5) is 0. The standard InChI is InChI=1S/C24H50O4S.K/c1-3-5-7-8-9-10-13-17-21-24(29(26,27)28)22-18-14-11-12-16-20-23(25)19-15-6-4-2;/h23-25H,3-22H2,1-2H3,(H,26,27,28);/q;+1/p-1. The van der Waals surface area contributed by atoms with Crippen LogP contribution in [-0.4, -0.2) is 29.4 Å². The summed E-state index contributed by atoms with van der Waals surface area (Å²) in [5.74, 6) is 0. The van der Waals surface area contributed by atoms with E-state index < -0.39 is 15.4 Å². The normalized spacial score (nSPS) is 13.7. The van der Waals surface area contributed by atoms with Crippen LogP contribution in [0.4, 0.5) is 0 Å². The molecule has 0 fully saturated rings. The zero-order valence-electron chi connectivity index (χ0n) is 20.4. The predicted octanol–water partition coefficient (Wildman–Crippen LogP) is 4.11. The third-order valence-corrected chi connectivity index (χ3v) is 7.28. The van der Waals surface area contributed by atoms with Crippen molar-refractivity contribution in [2.75, 3.05) is 0 Å². The van der Waals surface area contributed by atoms with Crippen LogP contribution in [0.15, 0.2) is 0 Å². The van der Waals surface area contributed by atoms with Gasteiger partial charge in [0.05, 0.1) is 16.2 Å². The van der Waals surface area contributed by atoms with Gasteiger partial charge in [0.15, 0.2) is 0 Å². The van der Waals surface area contributed by atoms with Crippen molar-refractivity contribution >= 4 is 10.1 Å². The Bertz CT molecular complexity index is 442. The van der Waals surface area contributed by atoms with Crippen molar-refractivity contribution in [3.63, 3.8) is 0 Å². The van der Waals surface area contributed by atoms with Gasteiger partial charge in [-0.15, -0.1) is 0 Å². The summed E-state index contributed by atoms with van der Waals surface area (Å²) in [6.45, 7) is 4.38. The van der Waals surface area contributed by atoms with E-state index in [4.69, 9.17) is 0 Å². The van der Waals surface area contributed by atoms with Crippen LogP contribution in [0, 0.1) is 0 Å². The van der Waals surface area contributed by atoms with Crippen molar-refractivity contribution in [1.29, 1.82) is 0 Å². The third kappa shape index (κ3) is 22.7. The molecule has 2 unspecified atom stereocenters. The van der Waals surface area contributed by atoms with Gasteiger partial charge in [-0.25, -0.2) is 8.42 Å². The molecule has 2 atom stereocenters. The van der Waals surface area contributed by atoms with Gasteiger partial charge >= 0.3 is 51.4 Å². The van der Waals surface area contributed by atoms with Gasteiger partial charge in [-0.2, -0.15) is 0 Å². The van der Waals surface area contributed by atoms with E-state index in [1.54, 1.807) is 0 Å². The number of hydrogen-bond donors (Lipinski definition) is 1. The van der Waals surface area contributed by atoms with Crippen molar-refractivity contribution in [2.45, 2.75) is 154 Å². The van der Waals surface area contributed by atoms with Gasteiger partial charge < -0.3 is 9.66 Å². The number of unbranched alkanes of at least 4 members (excludes halogenated alkanes) is 13. The minimum atomic E-state index is -4.17. The average Bonchev–Trinajstić information content (AvgIpc) is 2.66. The molecule has 0 rings (SSSR count). The van der Waals surface area contributed by atoms with E-state index >= 15 is 0 Å². The van der Waals surface area contributed by atoms with Gasteiger partial charge in [0.25, 0.3) is 0 Å². The van der Waals surface area contributed by atoms with Gasteiger partial charge in [0.2, 0.25) is 0 Å². The smallest absolute Gasteiger partial charge is 0.748 e. The number of hydrogen-bond acceptors (Lipinski definition) is 4. The van der Waals surface area contributed by atoms with Crippen molar-refractivity contribution in [3.8, 4) is 0 Å². The molecule has 0 bridgehead atoms. The van der Waals surface area contributed by atoms with Crippen molar-refractivity contribution in [1.82, 2.24) is 0 Å². The zero-order chi connectivity index (χ0) is 21.8. The van der Waals surface area contributed by atoms with E-state index in [9.17, 15) is 18.1 Å². The molecule has 0 amide bonds. The molecule has 0 aromatic heterocycles. The summed E-state index contributed by atoms with van der Waals surface area (Å²) in [6.07, 6.45) is 20.5. The van der Waals surface area contributed by atoms with Gasteiger partial charge in [-0.3, -0.25) is 0 Å². The van der Waals surface area contributed by atoms with Crippen molar-refractivity contribution in [3.05, 3.63) is 0 Å². The zero-order valence-corrected chi connectivity index (χ0v) is 24.3. The van der Waals surface area contributed by atoms with Crippen LogP contribution in [0.5, 0.6) is 0 Å². The Hall–Kier alpha value is 1.51. The molecule has 176 valence electrons. The molecule has 0 aliphatic carbocycles. The molecule has 0 saturated heterocycles. The minimum Gasteiger partial charge on any atom is -0.748 e. The fourth-order valence-electron chi connectivity index (χ4n) is 4.00. The molecule has 0 aromatic carbocycles. The second-order valence-corrected chi connectivity index (χ2v) is 10.5. The molecule has 0 aliphatic rings. The second kappa shape index (κ2) is 23.7. The molecule has 30 heavy (non-hydrogen) atoms. The third-order valence-electron chi connectivity index (χ3n) is 5.99. The average molecular weight is 473 g/mol. The van der Waals surface area contributed by atoms with Gasteiger partial charge in [0.1, 0.15) is 0 Å². The molecule has 0 spiro atoms. The Morgan fingerprint density at radius 3 is 1.30 bits per heavy atom. The van der Waals surface area contributed by atoms with E-state index in [1.165, 1.54) is 44.9 Å². The fraction of sp³-hybridized carbons (Fsp3) is 1.00. The summed E-state index contributed by atoms with van der Waals surface area (Å²) in [5.41, 5.74) is 0. The van der Waals surface area contributed by atoms with Crippen LogP contribution >= 0.6 is 0 Å². The Morgan fingerprint density at radius 1 is 0.600 bits per heavy atom. The van der Waals surface area contributed by atoms with E-state index in [0.29, 0.717) is 12.8 Å². The molecule has 4 nitrogen and oxygen atoms in total.